The minimum atomic E-state index is 0.465. The molecule has 0 saturated heterocycles. The molecule has 0 aliphatic rings. The van der Waals surface area contributed by atoms with Crippen molar-refractivity contribution in [1.29, 1.82) is 5.26 Å². The number of rotatable bonds is 9. The van der Waals surface area contributed by atoms with Gasteiger partial charge in [-0.05, 0) is 77.9 Å². The van der Waals surface area contributed by atoms with Crippen LogP contribution in [0.2, 0.25) is 0 Å². The zero-order valence-corrected chi connectivity index (χ0v) is 40.8. The zero-order chi connectivity index (χ0) is 50.5. The van der Waals surface area contributed by atoms with Crippen molar-refractivity contribution >= 4 is 43.6 Å². The lowest BCUT2D eigenvalue weighted by Crippen LogP contribution is -2.04. The molecular formula is C68H42N8. The van der Waals surface area contributed by atoms with E-state index in [-0.39, 0.29) is 0 Å². The van der Waals surface area contributed by atoms with E-state index in [1.807, 2.05) is 91.0 Å². The lowest BCUT2D eigenvalue weighted by molar-refractivity contribution is 1.06. The Morgan fingerprint density at radius 1 is 0.276 bits per heavy atom. The van der Waals surface area contributed by atoms with Crippen molar-refractivity contribution < 1.29 is 0 Å². The van der Waals surface area contributed by atoms with Gasteiger partial charge in [0.2, 0.25) is 0 Å². The first kappa shape index (κ1) is 44.1. The maximum atomic E-state index is 10.3. The third-order valence-corrected chi connectivity index (χ3v) is 14.2. The number of hydrogen-bond acceptors (Lipinski definition) is 6. The second-order valence-electron chi connectivity index (χ2n) is 18.8. The largest absolute Gasteiger partial charge is 0.309 e. The van der Waals surface area contributed by atoms with Crippen molar-refractivity contribution in [2.75, 3.05) is 0 Å². The molecule has 4 heterocycles. The molecule has 0 unspecified atom stereocenters. The van der Waals surface area contributed by atoms with Gasteiger partial charge in [0.15, 0.2) is 23.3 Å². The van der Waals surface area contributed by atoms with E-state index >= 15 is 0 Å². The second kappa shape index (κ2) is 18.5. The monoisotopic (exact) mass is 970 g/mol. The Morgan fingerprint density at radius 2 is 0.658 bits per heavy atom. The third-order valence-electron chi connectivity index (χ3n) is 14.2. The Bertz CT molecular complexity index is 4410. The molecule has 0 aliphatic heterocycles. The topological polar surface area (TPSA) is 98.1 Å². The van der Waals surface area contributed by atoms with E-state index in [2.05, 4.69) is 179 Å². The fourth-order valence-electron chi connectivity index (χ4n) is 10.7. The number of para-hydroxylation sites is 3. The van der Waals surface area contributed by atoms with Crippen molar-refractivity contribution in [2.24, 2.45) is 0 Å². The fourth-order valence-corrected chi connectivity index (χ4v) is 10.7. The summed E-state index contributed by atoms with van der Waals surface area (Å²) >= 11 is 0. The summed E-state index contributed by atoms with van der Waals surface area (Å²) in [6, 6.07) is 89.9. The molecule has 8 heteroatoms. The van der Waals surface area contributed by atoms with E-state index in [1.165, 1.54) is 10.8 Å². The molecule has 0 N–H and O–H groups in total. The SMILES string of the molecule is N#Cc1ccc(-n2c3ccccc3c3cc(-c4ccc(-n5c6ccccc6c6ccccc65)c(-c5nc(-c6ccccc6)cc(-c6ccccc6)n5)c4)ccc32)c(-c2nc(-c3ccccc3)nc(-c3ccccc3)n2)c1. The van der Waals surface area contributed by atoms with Crippen LogP contribution >= 0.6 is 0 Å². The maximum Gasteiger partial charge on any atom is 0.166 e. The van der Waals surface area contributed by atoms with E-state index in [0.717, 1.165) is 94.5 Å². The Labute approximate surface area is 437 Å². The van der Waals surface area contributed by atoms with Gasteiger partial charge in [-0.3, -0.25) is 0 Å². The Kier molecular flexibility index (Phi) is 10.7. The predicted octanol–water partition coefficient (Wildman–Crippen LogP) is 16.4. The summed E-state index contributed by atoms with van der Waals surface area (Å²) in [5.74, 6) is 2.17. The highest BCUT2D eigenvalue weighted by Crippen LogP contribution is 2.42. The number of hydrogen-bond donors (Lipinski definition) is 0. The molecule has 0 radical (unpaired) electrons. The van der Waals surface area contributed by atoms with Gasteiger partial charge >= 0.3 is 0 Å². The van der Waals surface area contributed by atoms with Crippen LogP contribution in [0.1, 0.15) is 5.56 Å². The molecule has 8 nitrogen and oxygen atoms in total. The molecule has 14 aromatic rings. The molecule has 10 aromatic carbocycles. The molecular weight excluding hydrogens is 929 g/mol. The first-order valence-electron chi connectivity index (χ1n) is 25.2. The van der Waals surface area contributed by atoms with E-state index in [1.54, 1.807) is 0 Å². The van der Waals surface area contributed by atoms with Crippen molar-refractivity contribution in [2.45, 2.75) is 0 Å². The lowest BCUT2D eigenvalue weighted by atomic mass is 9.98. The summed E-state index contributed by atoms with van der Waals surface area (Å²) < 4.78 is 4.62. The van der Waals surface area contributed by atoms with Crippen molar-refractivity contribution in [1.82, 2.24) is 34.1 Å². The molecule has 0 saturated carbocycles. The smallest absolute Gasteiger partial charge is 0.166 e. The highest BCUT2D eigenvalue weighted by molar-refractivity contribution is 6.12. The highest BCUT2D eigenvalue weighted by atomic mass is 15.1. The molecule has 76 heavy (non-hydrogen) atoms. The molecule has 0 atom stereocenters. The van der Waals surface area contributed by atoms with Crippen LogP contribution < -0.4 is 0 Å². The van der Waals surface area contributed by atoms with Gasteiger partial charge in [0.25, 0.3) is 0 Å². The van der Waals surface area contributed by atoms with Gasteiger partial charge in [0.05, 0.1) is 56.5 Å². The summed E-state index contributed by atoms with van der Waals surface area (Å²) in [4.78, 5) is 26.1. The van der Waals surface area contributed by atoms with Crippen molar-refractivity contribution in [3.05, 3.63) is 260 Å². The first-order valence-corrected chi connectivity index (χ1v) is 25.2. The van der Waals surface area contributed by atoms with E-state index < -0.39 is 0 Å². The molecule has 14 rings (SSSR count). The molecule has 0 fully saturated rings. The summed E-state index contributed by atoms with van der Waals surface area (Å²) in [7, 11) is 0. The standard InChI is InChI=1S/C68H42N8/c69-43-44-33-36-63(55(39-44)68-73-65(47-23-9-3-10-24-47)72-66(74-68)48-25-11-4-12-26-48)76-61-32-18-15-29-53(61)54-40-49(34-37-62(54)76)50-35-38-64(75-59-30-16-13-27-51(59)52-28-14-17-31-60(52)75)56(41-50)67-70-57(45-19-5-1-6-20-45)42-58(71-67)46-21-7-2-8-22-46/h1-42H. The van der Waals surface area contributed by atoms with Crippen LogP contribution in [0.5, 0.6) is 0 Å². The van der Waals surface area contributed by atoms with Crippen LogP contribution in [0.15, 0.2) is 255 Å². The number of aromatic nitrogens is 7. The summed E-state index contributed by atoms with van der Waals surface area (Å²) in [5.41, 5.74) is 15.6. The summed E-state index contributed by atoms with van der Waals surface area (Å²) in [5, 5.41) is 14.8. The van der Waals surface area contributed by atoms with Crippen molar-refractivity contribution in [3.63, 3.8) is 0 Å². The van der Waals surface area contributed by atoms with Gasteiger partial charge in [-0.2, -0.15) is 5.26 Å². The molecule has 354 valence electrons. The first-order chi connectivity index (χ1) is 37.6. The molecule has 0 spiro atoms. The van der Waals surface area contributed by atoms with Gasteiger partial charge in [0, 0.05) is 54.9 Å². The van der Waals surface area contributed by atoms with Crippen molar-refractivity contribution in [3.8, 4) is 96.6 Å². The average molecular weight is 971 g/mol. The van der Waals surface area contributed by atoms with Gasteiger partial charge in [-0.15, -0.1) is 0 Å². The zero-order valence-electron chi connectivity index (χ0n) is 40.8. The molecule has 0 aliphatic carbocycles. The lowest BCUT2D eigenvalue weighted by Gasteiger charge is -2.17. The van der Waals surface area contributed by atoms with Gasteiger partial charge in [0.1, 0.15) is 0 Å². The number of fused-ring (bicyclic) bond motifs is 6. The minimum Gasteiger partial charge on any atom is -0.309 e. The van der Waals surface area contributed by atoms with E-state index in [4.69, 9.17) is 24.9 Å². The molecule has 0 amide bonds. The minimum absolute atomic E-state index is 0.465. The number of nitrogens with zero attached hydrogens (tertiary/aromatic N) is 8. The van der Waals surface area contributed by atoms with Crippen LogP contribution in [-0.2, 0) is 0 Å². The Balaban J connectivity index is 0.983. The quantitative estimate of drug-likeness (QED) is 0.143. The number of nitriles is 1. The van der Waals surface area contributed by atoms with Crippen LogP contribution in [0, 0.1) is 11.3 Å². The second-order valence-corrected chi connectivity index (χ2v) is 18.8. The predicted molar refractivity (Wildman–Crippen MR) is 307 cm³/mol. The fraction of sp³-hybridized carbons (Fsp3) is 0. The average Bonchev–Trinajstić information content (AvgIpc) is 4.11. The van der Waals surface area contributed by atoms with E-state index in [9.17, 15) is 5.26 Å². The molecule has 4 aromatic heterocycles. The normalized spacial score (nSPS) is 11.4. The van der Waals surface area contributed by atoms with Gasteiger partial charge in [-0.25, -0.2) is 24.9 Å². The Hall–Kier alpha value is -10.6. The van der Waals surface area contributed by atoms with Crippen LogP contribution in [0.3, 0.4) is 0 Å². The summed E-state index contributed by atoms with van der Waals surface area (Å²) in [6.45, 7) is 0. The van der Waals surface area contributed by atoms with Crippen LogP contribution in [0.25, 0.3) is 134 Å². The van der Waals surface area contributed by atoms with Crippen LogP contribution in [0.4, 0.5) is 0 Å². The third kappa shape index (κ3) is 7.66. The van der Waals surface area contributed by atoms with Crippen LogP contribution in [-0.4, -0.2) is 34.1 Å². The summed E-state index contributed by atoms with van der Waals surface area (Å²) in [6.07, 6.45) is 0. The maximum absolute atomic E-state index is 10.3. The number of benzene rings is 10. The highest BCUT2D eigenvalue weighted by Gasteiger charge is 2.23. The van der Waals surface area contributed by atoms with Gasteiger partial charge < -0.3 is 9.13 Å². The van der Waals surface area contributed by atoms with E-state index in [0.29, 0.717) is 34.4 Å². The molecule has 0 bridgehead atoms. The Morgan fingerprint density at radius 3 is 1.17 bits per heavy atom. The van der Waals surface area contributed by atoms with Gasteiger partial charge in [-0.1, -0.05) is 188 Å².